The molecule has 0 unspecified atom stereocenters. The zero-order valence-corrected chi connectivity index (χ0v) is 42.0. The van der Waals surface area contributed by atoms with E-state index in [4.69, 9.17) is 8.83 Å². The van der Waals surface area contributed by atoms with Gasteiger partial charge < -0.3 is 27.4 Å². The summed E-state index contributed by atoms with van der Waals surface area (Å²) in [6.45, 7) is 0. The molecule has 364 valence electrons. The third kappa shape index (κ3) is 6.08. The molecule has 0 aliphatic rings. The zero-order chi connectivity index (χ0) is 51.0. The molecule has 5 heterocycles. The Balaban J connectivity index is 1.00. The van der Waals surface area contributed by atoms with Gasteiger partial charge in [-0.1, -0.05) is 194 Å². The Morgan fingerprint density at radius 3 is 1.08 bits per heavy atom. The van der Waals surface area contributed by atoms with Gasteiger partial charge in [0.2, 0.25) is 0 Å². The van der Waals surface area contributed by atoms with Gasteiger partial charge in [0.05, 0.1) is 55.8 Å². The quantitative estimate of drug-likeness (QED) is 0.142. The lowest BCUT2D eigenvalue weighted by molar-refractivity contribution is 0.668. The molecule has 78 heavy (non-hydrogen) atoms. The Morgan fingerprint density at radius 2 is 0.615 bits per heavy atom. The topological polar surface area (TPSA) is 41.6 Å². The third-order valence-corrected chi connectivity index (χ3v) is 16.2. The Hall–Kier alpha value is -10.6. The van der Waals surface area contributed by atoms with Crippen LogP contribution < -0.4 is 9.80 Å². The van der Waals surface area contributed by atoms with E-state index in [9.17, 15) is 0 Å². The number of fused-ring (bicyclic) bond motifs is 14. The molecule has 0 aliphatic carbocycles. The van der Waals surface area contributed by atoms with Gasteiger partial charge in [-0.15, -0.1) is 0 Å². The van der Waals surface area contributed by atoms with Crippen LogP contribution in [0.25, 0.3) is 121 Å². The SMILES string of the molecule is c1ccc(-c2ccccc2N(c2cc3c4ccccc4n4c5cc(N(c6ccccc6-c6ccccc6)c6cccc7c6oc6ccccc67)cc6c7ccccc7n(c(c2)c34)c65)c2cccc3c2oc2ccccc23)cc1. The highest BCUT2D eigenvalue weighted by molar-refractivity contribution is 6.24. The lowest BCUT2D eigenvalue weighted by Crippen LogP contribution is -2.12. The van der Waals surface area contributed by atoms with Crippen molar-refractivity contribution in [1.29, 1.82) is 0 Å². The minimum absolute atomic E-state index is 0.834. The van der Waals surface area contributed by atoms with E-state index in [0.717, 1.165) is 144 Å². The van der Waals surface area contributed by atoms with Crippen molar-refractivity contribution in [3.63, 3.8) is 0 Å². The van der Waals surface area contributed by atoms with Crippen LogP contribution in [0.3, 0.4) is 0 Å². The molecule has 0 bridgehead atoms. The zero-order valence-electron chi connectivity index (χ0n) is 42.0. The first-order valence-electron chi connectivity index (χ1n) is 26.6. The lowest BCUT2D eigenvalue weighted by Gasteiger charge is -2.29. The molecule has 0 saturated heterocycles. The maximum Gasteiger partial charge on any atom is 0.159 e. The minimum atomic E-state index is 0.834. The van der Waals surface area contributed by atoms with Crippen LogP contribution >= 0.6 is 0 Å². The molecular weight excluding hydrogens is 953 g/mol. The minimum Gasteiger partial charge on any atom is -0.454 e. The predicted molar refractivity (Wildman–Crippen MR) is 324 cm³/mol. The van der Waals surface area contributed by atoms with Crippen molar-refractivity contribution < 1.29 is 8.83 Å². The average Bonchev–Trinajstić information content (AvgIpc) is 3.59. The molecular formula is C72H44N4O2. The Kier molecular flexibility index (Phi) is 9.03. The van der Waals surface area contributed by atoms with E-state index in [-0.39, 0.29) is 0 Å². The predicted octanol–water partition coefficient (Wildman–Crippen LogP) is 20.3. The first kappa shape index (κ1) is 42.8. The van der Waals surface area contributed by atoms with Gasteiger partial charge in [-0.25, -0.2) is 0 Å². The van der Waals surface area contributed by atoms with Gasteiger partial charge in [0.15, 0.2) is 11.2 Å². The molecule has 6 nitrogen and oxygen atoms in total. The Bertz CT molecular complexity index is 4910. The maximum atomic E-state index is 6.93. The van der Waals surface area contributed by atoms with Gasteiger partial charge in [0.1, 0.15) is 11.2 Å². The molecule has 12 aromatic carbocycles. The summed E-state index contributed by atoms with van der Waals surface area (Å²) in [5.74, 6) is 0. The molecule has 0 saturated carbocycles. The fraction of sp³-hybridized carbons (Fsp3) is 0. The van der Waals surface area contributed by atoms with Crippen molar-refractivity contribution in [3.05, 3.63) is 267 Å². The fourth-order valence-corrected chi connectivity index (χ4v) is 12.9. The molecule has 0 spiro atoms. The molecule has 5 aromatic heterocycles. The number of aromatic nitrogens is 2. The summed E-state index contributed by atoms with van der Waals surface area (Å²) in [5, 5.41) is 8.96. The molecule has 0 aliphatic heterocycles. The molecule has 0 N–H and O–H groups in total. The van der Waals surface area contributed by atoms with Crippen LogP contribution in [0.2, 0.25) is 0 Å². The summed E-state index contributed by atoms with van der Waals surface area (Å²) in [6, 6.07) is 96.3. The van der Waals surface area contributed by atoms with Crippen molar-refractivity contribution in [1.82, 2.24) is 8.80 Å². The van der Waals surface area contributed by atoms with Crippen LogP contribution in [0.5, 0.6) is 0 Å². The van der Waals surface area contributed by atoms with E-state index in [1.807, 2.05) is 12.1 Å². The van der Waals surface area contributed by atoms with Gasteiger partial charge in [-0.3, -0.25) is 0 Å². The number of hydrogen-bond donors (Lipinski definition) is 0. The second kappa shape index (κ2) is 16.5. The highest BCUT2D eigenvalue weighted by Gasteiger charge is 2.29. The van der Waals surface area contributed by atoms with E-state index < -0.39 is 0 Å². The van der Waals surface area contributed by atoms with Crippen LogP contribution in [-0.4, -0.2) is 8.80 Å². The molecule has 0 fully saturated rings. The molecule has 6 heteroatoms. The fourth-order valence-electron chi connectivity index (χ4n) is 12.9. The van der Waals surface area contributed by atoms with E-state index >= 15 is 0 Å². The normalized spacial score (nSPS) is 12.1. The number of benzene rings is 12. The number of furan rings is 2. The lowest BCUT2D eigenvalue weighted by atomic mass is 10.0. The van der Waals surface area contributed by atoms with Gasteiger partial charge in [-0.05, 0) is 83.9 Å². The van der Waals surface area contributed by atoms with Gasteiger partial charge in [-0.2, -0.15) is 0 Å². The Labute approximate surface area is 447 Å². The molecule has 0 amide bonds. The van der Waals surface area contributed by atoms with E-state index in [1.54, 1.807) is 0 Å². The van der Waals surface area contributed by atoms with E-state index in [0.29, 0.717) is 0 Å². The van der Waals surface area contributed by atoms with Gasteiger partial charge >= 0.3 is 0 Å². The smallest absolute Gasteiger partial charge is 0.159 e. The van der Waals surface area contributed by atoms with Gasteiger partial charge in [0, 0.05) is 65.6 Å². The number of anilines is 6. The van der Waals surface area contributed by atoms with Gasteiger partial charge in [0.25, 0.3) is 0 Å². The number of para-hydroxylation sites is 8. The summed E-state index contributed by atoms with van der Waals surface area (Å²) >= 11 is 0. The molecule has 17 rings (SSSR count). The van der Waals surface area contributed by atoms with Crippen molar-refractivity contribution >= 4 is 133 Å². The molecule has 17 aromatic rings. The number of rotatable bonds is 8. The summed E-state index contributed by atoms with van der Waals surface area (Å²) in [7, 11) is 0. The Morgan fingerprint density at radius 1 is 0.256 bits per heavy atom. The average molecular weight is 997 g/mol. The van der Waals surface area contributed by atoms with Crippen molar-refractivity contribution in [2.24, 2.45) is 0 Å². The number of nitrogens with zero attached hydrogens (tertiary/aromatic N) is 4. The molecule has 0 atom stereocenters. The largest absolute Gasteiger partial charge is 0.454 e. The second-order valence-electron chi connectivity index (χ2n) is 20.4. The summed E-state index contributed by atoms with van der Waals surface area (Å²) in [5.41, 5.74) is 20.7. The van der Waals surface area contributed by atoms with Crippen LogP contribution in [0.1, 0.15) is 0 Å². The van der Waals surface area contributed by atoms with E-state index in [1.165, 1.54) is 10.8 Å². The molecule has 0 radical (unpaired) electrons. The highest BCUT2D eigenvalue weighted by Crippen LogP contribution is 2.52. The maximum absolute atomic E-state index is 6.93. The second-order valence-corrected chi connectivity index (χ2v) is 20.4. The van der Waals surface area contributed by atoms with Crippen LogP contribution in [-0.2, 0) is 0 Å². The summed E-state index contributed by atoms with van der Waals surface area (Å²) in [4.78, 5) is 4.86. The third-order valence-electron chi connectivity index (χ3n) is 16.2. The van der Waals surface area contributed by atoms with E-state index in [2.05, 4.69) is 273 Å². The summed E-state index contributed by atoms with van der Waals surface area (Å²) in [6.07, 6.45) is 0. The number of hydrogen-bond acceptors (Lipinski definition) is 4. The van der Waals surface area contributed by atoms with Crippen LogP contribution in [0.4, 0.5) is 34.1 Å². The van der Waals surface area contributed by atoms with Crippen LogP contribution in [0, 0.1) is 0 Å². The first-order chi connectivity index (χ1) is 38.7. The standard InChI is InChI=1S/C72H44N4O2/c1-3-21-45(22-4-1)49-25-7-13-33-59(49)73(63-37-19-31-55-53-29-11-17-39-67(53)77-71(55)63)47-41-57-51-27-9-15-35-61(51)76-66-44-48(42-58-52-28-10-16-36-62(52)75(70(58)66)65(43-47)69(57)76)74(60-34-14-8-26-50(60)46-23-5-2-6-24-46)64-38-20-32-56-54-30-12-18-40-68(54)78-72(56)64/h1-44H. The monoisotopic (exact) mass is 996 g/mol. The highest BCUT2D eigenvalue weighted by atomic mass is 16.3. The van der Waals surface area contributed by atoms with Crippen LogP contribution in [0.15, 0.2) is 276 Å². The van der Waals surface area contributed by atoms with Crippen molar-refractivity contribution in [2.45, 2.75) is 0 Å². The first-order valence-corrected chi connectivity index (χ1v) is 26.6. The van der Waals surface area contributed by atoms with Crippen molar-refractivity contribution in [2.75, 3.05) is 9.80 Å². The summed E-state index contributed by atoms with van der Waals surface area (Å²) < 4.78 is 18.9. The van der Waals surface area contributed by atoms with Crippen molar-refractivity contribution in [3.8, 4) is 22.3 Å².